The van der Waals surface area contributed by atoms with E-state index in [1.54, 1.807) is 5.57 Å². The van der Waals surface area contributed by atoms with Gasteiger partial charge in [0.1, 0.15) is 0 Å². The van der Waals surface area contributed by atoms with Gasteiger partial charge in [-0.05, 0) is 111 Å². The predicted octanol–water partition coefficient (Wildman–Crippen LogP) is 8.81. The molecule has 0 heterocycles. The Balaban J connectivity index is 1.52. The van der Waals surface area contributed by atoms with Crippen LogP contribution in [0.2, 0.25) is 0 Å². The van der Waals surface area contributed by atoms with Gasteiger partial charge in [0.2, 0.25) is 0 Å². The van der Waals surface area contributed by atoms with Crippen LogP contribution in [0.15, 0.2) is 47.1 Å². The van der Waals surface area contributed by atoms with E-state index >= 15 is 0 Å². The lowest BCUT2D eigenvalue weighted by Gasteiger charge is -2.60. The van der Waals surface area contributed by atoms with Gasteiger partial charge in [-0.2, -0.15) is 0 Å². The first-order valence-electron chi connectivity index (χ1n) is 12.6. The molecule has 4 aliphatic rings. The van der Waals surface area contributed by atoms with E-state index in [0.717, 1.165) is 30.1 Å². The van der Waals surface area contributed by atoms with E-state index in [2.05, 4.69) is 65.0 Å². The highest BCUT2D eigenvalue weighted by Gasteiger charge is 2.57. The number of hydrogen-bond donors (Lipinski definition) is 0. The second-order valence-electron chi connectivity index (χ2n) is 11.3. The highest BCUT2D eigenvalue weighted by Crippen LogP contribution is 2.66. The van der Waals surface area contributed by atoms with Gasteiger partial charge in [-0.15, -0.1) is 0 Å². The van der Waals surface area contributed by atoms with Crippen molar-refractivity contribution in [2.45, 2.75) is 98.8 Å². The molecule has 4 rings (SSSR count). The van der Waals surface area contributed by atoms with Crippen molar-refractivity contribution < 1.29 is 0 Å². The zero-order chi connectivity index (χ0) is 20.6. The van der Waals surface area contributed by atoms with Crippen LogP contribution in [0.25, 0.3) is 0 Å². The summed E-state index contributed by atoms with van der Waals surface area (Å²) in [4.78, 5) is 0. The highest BCUT2D eigenvalue weighted by molar-refractivity contribution is 5.42. The Hall–Kier alpha value is -1.04. The van der Waals surface area contributed by atoms with E-state index in [9.17, 15) is 0 Å². The van der Waals surface area contributed by atoms with Gasteiger partial charge in [-0.3, -0.25) is 0 Å². The van der Waals surface area contributed by atoms with Gasteiger partial charge in [0.25, 0.3) is 0 Å². The first kappa shape index (κ1) is 21.2. The molecule has 0 aromatic rings. The molecule has 0 spiro atoms. The number of hydrogen-bond acceptors (Lipinski definition) is 0. The quantitative estimate of drug-likeness (QED) is 0.419. The molecule has 0 aliphatic heterocycles. The van der Waals surface area contributed by atoms with Gasteiger partial charge >= 0.3 is 0 Å². The fraction of sp³-hybridized carbons (Fsp3) is 0.724. The van der Waals surface area contributed by atoms with E-state index in [4.69, 9.17) is 0 Å². The van der Waals surface area contributed by atoms with Gasteiger partial charge in [0.05, 0.1) is 0 Å². The van der Waals surface area contributed by atoms with Gasteiger partial charge in [-0.25, -0.2) is 0 Å². The zero-order valence-corrected chi connectivity index (χ0v) is 19.8. The summed E-state index contributed by atoms with van der Waals surface area (Å²) in [5.74, 6) is 3.89. The van der Waals surface area contributed by atoms with Crippen LogP contribution < -0.4 is 0 Å². The number of rotatable bonds is 4. The van der Waals surface area contributed by atoms with E-state index in [1.165, 1.54) is 68.9 Å². The first-order valence-corrected chi connectivity index (χ1v) is 12.6. The van der Waals surface area contributed by atoms with Crippen LogP contribution in [0.4, 0.5) is 0 Å². The number of allylic oxidation sites excluding steroid dienone is 8. The highest BCUT2D eigenvalue weighted by atomic mass is 14.6. The fourth-order valence-corrected chi connectivity index (χ4v) is 8.30. The minimum atomic E-state index is 0.418. The van der Waals surface area contributed by atoms with Crippen molar-refractivity contribution in [1.82, 2.24) is 0 Å². The third-order valence-electron chi connectivity index (χ3n) is 9.82. The van der Waals surface area contributed by atoms with Gasteiger partial charge < -0.3 is 0 Å². The minimum Gasteiger partial charge on any atom is -0.0819 e. The molecule has 3 saturated carbocycles. The van der Waals surface area contributed by atoms with Crippen LogP contribution in [-0.4, -0.2) is 0 Å². The minimum absolute atomic E-state index is 0.418. The zero-order valence-electron chi connectivity index (χ0n) is 19.8. The molecule has 29 heavy (non-hydrogen) atoms. The van der Waals surface area contributed by atoms with Crippen molar-refractivity contribution in [3.05, 3.63) is 47.1 Å². The summed E-state index contributed by atoms with van der Waals surface area (Å²) < 4.78 is 0. The lowest BCUT2D eigenvalue weighted by Crippen LogP contribution is -2.52. The largest absolute Gasteiger partial charge is 0.0819 e. The molecule has 0 heteroatoms. The maximum atomic E-state index is 2.70. The Bertz CT molecular complexity index is 731. The monoisotopic (exact) mass is 392 g/mol. The molecule has 1 unspecified atom stereocenters. The van der Waals surface area contributed by atoms with E-state index in [1.807, 2.05) is 0 Å². The van der Waals surface area contributed by atoms with Crippen LogP contribution in [0, 0.1) is 34.5 Å². The van der Waals surface area contributed by atoms with Crippen molar-refractivity contribution in [3.63, 3.8) is 0 Å². The number of fused-ring (bicyclic) bond motifs is 5. The molecule has 0 bridgehead atoms. The van der Waals surface area contributed by atoms with Crippen LogP contribution in [-0.2, 0) is 0 Å². The van der Waals surface area contributed by atoms with Crippen molar-refractivity contribution in [2.75, 3.05) is 0 Å². The Morgan fingerprint density at radius 2 is 1.86 bits per heavy atom. The summed E-state index contributed by atoms with van der Waals surface area (Å²) in [6.07, 6.45) is 26.2. The molecule has 6 atom stereocenters. The van der Waals surface area contributed by atoms with Crippen LogP contribution in [0.1, 0.15) is 98.8 Å². The Morgan fingerprint density at radius 1 is 1.03 bits per heavy atom. The standard InChI is InChI=1S/C29H44/c1-6-10-21(2)11-9-12-22(3)25-16-17-26-24-15-14-23-13-7-8-19-28(23,4)27(24)18-20-29(25,26)5/h9-12,16,23-24,26-27H,6-8,13-15,17-20H2,1-5H3/t23?,24-,26-,27-,28-,29+/m0/s1. The molecule has 0 aromatic heterocycles. The van der Waals surface area contributed by atoms with Crippen molar-refractivity contribution in [1.29, 1.82) is 0 Å². The second-order valence-corrected chi connectivity index (χ2v) is 11.3. The van der Waals surface area contributed by atoms with Crippen molar-refractivity contribution in [3.8, 4) is 0 Å². The Morgan fingerprint density at radius 3 is 2.66 bits per heavy atom. The normalized spacial score (nSPS) is 43.0. The first-order chi connectivity index (χ1) is 13.9. The SMILES string of the molecule is CCC=C(C)C=CC=C(C)C1=CC[C@H]2[C@@H]3CCC4CCCC[C@]4(C)[C@H]3CC[C@]12C. The maximum Gasteiger partial charge on any atom is -0.00418 e. The second kappa shape index (κ2) is 8.24. The van der Waals surface area contributed by atoms with E-state index in [0.29, 0.717) is 10.8 Å². The lowest BCUT2D eigenvalue weighted by atomic mass is 9.45. The van der Waals surface area contributed by atoms with Gasteiger partial charge in [-0.1, -0.05) is 69.6 Å². The third-order valence-corrected chi connectivity index (χ3v) is 9.82. The Labute approximate surface area is 180 Å². The average Bonchev–Trinajstić information content (AvgIpc) is 3.05. The average molecular weight is 393 g/mol. The molecule has 0 amide bonds. The van der Waals surface area contributed by atoms with Gasteiger partial charge in [0, 0.05) is 0 Å². The smallest absolute Gasteiger partial charge is 0.00418 e. The molecule has 160 valence electrons. The van der Waals surface area contributed by atoms with Crippen molar-refractivity contribution in [2.24, 2.45) is 34.5 Å². The van der Waals surface area contributed by atoms with E-state index in [-0.39, 0.29) is 0 Å². The summed E-state index contributed by atoms with van der Waals surface area (Å²) in [5.41, 5.74) is 5.63. The molecule has 3 fully saturated rings. The molecule has 0 radical (unpaired) electrons. The van der Waals surface area contributed by atoms with E-state index < -0.39 is 0 Å². The third kappa shape index (κ3) is 3.64. The summed E-state index contributed by atoms with van der Waals surface area (Å²) in [7, 11) is 0. The molecule has 0 aromatic carbocycles. The predicted molar refractivity (Wildman–Crippen MR) is 127 cm³/mol. The Kier molecular flexibility index (Phi) is 6.02. The molecule has 0 N–H and O–H groups in total. The van der Waals surface area contributed by atoms with Gasteiger partial charge in [0.15, 0.2) is 0 Å². The summed E-state index contributed by atoms with van der Waals surface area (Å²) >= 11 is 0. The van der Waals surface area contributed by atoms with Crippen LogP contribution in [0.3, 0.4) is 0 Å². The molecule has 0 saturated heterocycles. The molecular weight excluding hydrogens is 348 g/mol. The summed E-state index contributed by atoms with van der Waals surface area (Å²) in [5, 5.41) is 0. The molecule has 0 nitrogen and oxygen atoms in total. The van der Waals surface area contributed by atoms with Crippen molar-refractivity contribution >= 4 is 0 Å². The lowest BCUT2D eigenvalue weighted by molar-refractivity contribution is -0.0984. The molecule has 4 aliphatic carbocycles. The topological polar surface area (TPSA) is 0 Å². The maximum absolute atomic E-state index is 2.70. The van der Waals surface area contributed by atoms with Crippen LogP contribution >= 0.6 is 0 Å². The van der Waals surface area contributed by atoms with Crippen LogP contribution in [0.5, 0.6) is 0 Å². The fourth-order valence-electron chi connectivity index (χ4n) is 8.30. The summed E-state index contributed by atoms with van der Waals surface area (Å²) in [6, 6.07) is 0. The summed E-state index contributed by atoms with van der Waals surface area (Å²) in [6.45, 7) is 12.1. The molecular formula is C29H44.